The highest BCUT2D eigenvalue weighted by atomic mass is 35.5. The Morgan fingerprint density at radius 2 is 1.90 bits per heavy atom. The maximum atomic E-state index is 12.8. The molecule has 9 nitrogen and oxygen atoms in total. The van der Waals surface area contributed by atoms with Gasteiger partial charge in [-0.25, -0.2) is 4.79 Å². The molecule has 1 atom stereocenters. The first kappa shape index (κ1) is 19.3. The van der Waals surface area contributed by atoms with Crippen molar-refractivity contribution in [2.24, 2.45) is 5.10 Å². The van der Waals surface area contributed by atoms with Gasteiger partial charge < -0.3 is 5.11 Å². The molecule has 5 rings (SSSR count). The number of benzene rings is 1. The normalized spacial score (nSPS) is 16.8. The SMILES string of the molecule is O=C(O)C1CC(c2ccc(Cl)cc2)=NN1/C=c1\sc2nc(-c3ccncc3)nn2c1=O. The van der Waals surface area contributed by atoms with Crippen LogP contribution in [0.25, 0.3) is 22.5 Å². The second-order valence-electron chi connectivity index (χ2n) is 6.76. The smallest absolute Gasteiger partial charge is 0.328 e. The highest BCUT2D eigenvalue weighted by Crippen LogP contribution is 2.22. The Labute approximate surface area is 183 Å². The van der Waals surface area contributed by atoms with Crippen LogP contribution in [0.5, 0.6) is 0 Å². The predicted octanol–water partition coefficient (Wildman–Crippen LogP) is 1.89. The molecular formula is C20H13ClN6O3S. The number of carbonyl (C=O) groups is 1. The third-order valence-corrected chi connectivity index (χ3v) is 5.97. The summed E-state index contributed by atoms with van der Waals surface area (Å²) >= 11 is 7.05. The molecule has 1 N–H and O–H groups in total. The first-order chi connectivity index (χ1) is 15.0. The minimum absolute atomic E-state index is 0.203. The largest absolute Gasteiger partial charge is 0.480 e. The number of pyridine rings is 1. The molecule has 0 bridgehead atoms. The highest BCUT2D eigenvalue weighted by Gasteiger charge is 2.32. The summed E-state index contributed by atoms with van der Waals surface area (Å²) in [7, 11) is 0. The van der Waals surface area contributed by atoms with E-state index in [2.05, 4.69) is 20.2 Å². The number of rotatable bonds is 4. The van der Waals surface area contributed by atoms with E-state index < -0.39 is 12.0 Å². The van der Waals surface area contributed by atoms with Crippen molar-refractivity contribution in [1.29, 1.82) is 0 Å². The van der Waals surface area contributed by atoms with Crippen LogP contribution in [0.2, 0.25) is 5.02 Å². The van der Waals surface area contributed by atoms with E-state index in [0.29, 0.717) is 26.1 Å². The van der Waals surface area contributed by atoms with Crippen molar-refractivity contribution >= 4 is 45.8 Å². The van der Waals surface area contributed by atoms with Gasteiger partial charge in [-0.05, 0) is 29.8 Å². The van der Waals surface area contributed by atoms with E-state index in [1.165, 1.54) is 15.7 Å². The number of halogens is 1. The van der Waals surface area contributed by atoms with E-state index >= 15 is 0 Å². The van der Waals surface area contributed by atoms with Crippen molar-refractivity contribution in [2.45, 2.75) is 12.5 Å². The molecule has 0 amide bonds. The second kappa shape index (κ2) is 7.56. The van der Waals surface area contributed by atoms with Gasteiger partial charge in [0.05, 0.1) is 5.71 Å². The minimum atomic E-state index is -1.03. The fourth-order valence-electron chi connectivity index (χ4n) is 3.23. The van der Waals surface area contributed by atoms with Gasteiger partial charge in [-0.2, -0.15) is 14.6 Å². The summed E-state index contributed by atoms with van der Waals surface area (Å²) < 4.78 is 1.51. The molecule has 0 radical (unpaired) electrons. The molecule has 4 aromatic rings. The summed E-state index contributed by atoms with van der Waals surface area (Å²) in [4.78, 5) is 33.4. The minimum Gasteiger partial charge on any atom is -0.480 e. The summed E-state index contributed by atoms with van der Waals surface area (Å²) in [5, 5.41) is 20.2. The van der Waals surface area contributed by atoms with Gasteiger partial charge in [0.1, 0.15) is 4.53 Å². The number of hydrogen-bond donors (Lipinski definition) is 1. The Morgan fingerprint density at radius 1 is 1.16 bits per heavy atom. The fourth-order valence-corrected chi connectivity index (χ4v) is 4.23. The third-order valence-electron chi connectivity index (χ3n) is 4.77. The Morgan fingerprint density at radius 3 is 2.58 bits per heavy atom. The average Bonchev–Trinajstić information content (AvgIpc) is 3.45. The zero-order valence-corrected chi connectivity index (χ0v) is 17.3. The van der Waals surface area contributed by atoms with Crippen molar-refractivity contribution in [2.75, 3.05) is 0 Å². The van der Waals surface area contributed by atoms with Gasteiger partial charge in [-0.1, -0.05) is 35.1 Å². The topological polar surface area (TPSA) is 113 Å². The number of aliphatic carboxylic acids is 1. The first-order valence-electron chi connectivity index (χ1n) is 9.16. The van der Waals surface area contributed by atoms with Gasteiger partial charge in [0.25, 0.3) is 5.56 Å². The van der Waals surface area contributed by atoms with Gasteiger partial charge in [0.2, 0.25) is 4.96 Å². The molecule has 3 aromatic heterocycles. The van der Waals surface area contributed by atoms with Crippen LogP contribution in [0.1, 0.15) is 12.0 Å². The molecule has 1 aromatic carbocycles. The van der Waals surface area contributed by atoms with Crippen LogP contribution < -0.4 is 10.1 Å². The van der Waals surface area contributed by atoms with E-state index in [-0.39, 0.29) is 12.0 Å². The van der Waals surface area contributed by atoms with Crippen molar-refractivity contribution < 1.29 is 9.90 Å². The molecule has 0 fully saturated rings. The first-order valence-corrected chi connectivity index (χ1v) is 10.4. The Bertz CT molecular complexity index is 1430. The lowest BCUT2D eigenvalue weighted by atomic mass is 10.0. The van der Waals surface area contributed by atoms with Crippen molar-refractivity contribution in [3.8, 4) is 11.4 Å². The summed E-state index contributed by atoms with van der Waals surface area (Å²) in [5.41, 5.74) is 1.75. The van der Waals surface area contributed by atoms with Gasteiger partial charge in [0, 0.05) is 35.6 Å². The van der Waals surface area contributed by atoms with Crippen LogP contribution in [-0.4, -0.2) is 47.4 Å². The average molecular weight is 453 g/mol. The van der Waals surface area contributed by atoms with Crippen LogP contribution >= 0.6 is 22.9 Å². The molecule has 11 heteroatoms. The molecular weight excluding hydrogens is 440 g/mol. The number of hydrogen-bond acceptors (Lipinski definition) is 8. The van der Waals surface area contributed by atoms with Crippen LogP contribution in [0.3, 0.4) is 0 Å². The number of carboxylic acids is 1. The number of aromatic nitrogens is 4. The van der Waals surface area contributed by atoms with Crippen LogP contribution in [-0.2, 0) is 4.79 Å². The lowest BCUT2D eigenvalue weighted by Gasteiger charge is -2.14. The zero-order chi connectivity index (χ0) is 21.5. The van der Waals surface area contributed by atoms with Crippen LogP contribution in [0, 0.1) is 0 Å². The number of hydrazone groups is 1. The molecule has 1 aliphatic rings. The molecule has 1 aliphatic heterocycles. The number of fused-ring (bicyclic) bond motifs is 1. The fraction of sp³-hybridized carbons (Fsp3) is 0.100. The van der Waals surface area contributed by atoms with Crippen LogP contribution in [0.4, 0.5) is 0 Å². The van der Waals surface area contributed by atoms with E-state index in [1.54, 1.807) is 48.8 Å². The lowest BCUT2D eigenvalue weighted by molar-refractivity contribution is -0.141. The Kier molecular flexibility index (Phi) is 4.72. The molecule has 0 saturated heterocycles. The number of nitrogens with zero attached hydrogens (tertiary/aromatic N) is 6. The van der Waals surface area contributed by atoms with E-state index in [4.69, 9.17) is 11.6 Å². The quantitative estimate of drug-likeness (QED) is 0.503. The van der Waals surface area contributed by atoms with Crippen molar-refractivity contribution in [3.63, 3.8) is 0 Å². The molecule has 0 saturated carbocycles. The van der Waals surface area contributed by atoms with Gasteiger partial charge in [0.15, 0.2) is 11.9 Å². The van der Waals surface area contributed by atoms with Crippen LogP contribution in [0.15, 0.2) is 58.7 Å². The zero-order valence-electron chi connectivity index (χ0n) is 15.7. The summed E-state index contributed by atoms with van der Waals surface area (Å²) in [5.74, 6) is -0.610. The molecule has 4 heterocycles. The van der Waals surface area contributed by atoms with E-state index in [1.807, 2.05) is 0 Å². The highest BCUT2D eigenvalue weighted by molar-refractivity contribution is 7.15. The standard InChI is InChI=1S/C20H13ClN6O3S/c21-13-3-1-11(2-4-13)14-9-15(19(29)30)26(24-14)10-16-18(28)27-20(31-16)23-17(25-27)12-5-7-22-8-6-12/h1-8,10,15H,9H2,(H,29,30)/b16-10-. The summed E-state index contributed by atoms with van der Waals surface area (Å²) in [6, 6.07) is 9.60. The molecule has 1 unspecified atom stereocenters. The summed E-state index contributed by atoms with van der Waals surface area (Å²) in [6.45, 7) is 0. The van der Waals surface area contributed by atoms with Gasteiger partial charge in [-0.15, -0.1) is 5.10 Å². The Hall–Kier alpha value is -3.63. The van der Waals surface area contributed by atoms with Crippen molar-refractivity contribution in [1.82, 2.24) is 24.6 Å². The number of carboxylic acid groups (broad SMARTS) is 1. The van der Waals surface area contributed by atoms with Crippen molar-refractivity contribution in [3.05, 3.63) is 74.3 Å². The third kappa shape index (κ3) is 3.56. The van der Waals surface area contributed by atoms with Gasteiger partial charge >= 0.3 is 5.97 Å². The molecule has 0 aliphatic carbocycles. The monoisotopic (exact) mass is 452 g/mol. The molecule has 154 valence electrons. The lowest BCUT2D eigenvalue weighted by Crippen LogP contribution is -2.34. The maximum Gasteiger partial charge on any atom is 0.328 e. The Balaban J connectivity index is 1.54. The van der Waals surface area contributed by atoms with E-state index in [9.17, 15) is 14.7 Å². The maximum absolute atomic E-state index is 12.8. The summed E-state index contributed by atoms with van der Waals surface area (Å²) in [6.07, 6.45) is 4.89. The second-order valence-corrected chi connectivity index (χ2v) is 8.20. The molecule has 31 heavy (non-hydrogen) atoms. The van der Waals surface area contributed by atoms with E-state index in [0.717, 1.165) is 22.5 Å². The van der Waals surface area contributed by atoms with Gasteiger partial charge in [-0.3, -0.25) is 14.8 Å². The number of thiazole rings is 1. The predicted molar refractivity (Wildman–Crippen MR) is 116 cm³/mol. The molecule has 0 spiro atoms.